The summed E-state index contributed by atoms with van der Waals surface area (Å²) in [6, 6.07) is 13.1. The number of H-pyrrole nitrogens is 1. The molecule has 0 fully saturated rings. The number of carbonyl (C=O) groups excluding carboxylic acids is 3. The van der Waals surface area contributed by atoms with Crippen LogP contribution >= 0.6 is 0 Å². The second kappa shape index (κ2) is 6.60. The van der Waals surface area contributed by atoms with Gasteiger partial charge in [-0.15, -0.1) is 0 Å². The molecule has 0 saturated carbocycles. The lowest BCUT2D eigenvalue weighted by Gasteiger charge is -2.09. The van der Waals surface area contributed by atoms with Crippen LogP contribution in [0.2, 0.25) is 0 Å². The van der Waals surface area contributed by atoms with Gasteiger partial charge in [0.05, 0.1) is 11.1 Å². The molecule has 0 unspecified atom stereocenters. The predicted molar refractivity (Wildman–Crippen MR) is 94.8 cm³/mol. The number of aromatic amines is 1. The first kappa shape index (κ1) is 16.4. The van der Waals surface area contributed by atoms with Gasteiger partial charge in [0, 0.05) is 25.1 Å². The van der Waals surface area contributed by atoms with Crippen LogP contribution in [-0.2, 0) is 16.1 Å². The number of fused-ring (bicyclic) bond motifs is 1. The molecule has 0 aliphatic carbocycles. The third kappa shape index (κ3) is 3.28. The fraction of sp³-hybridized carbons (Fsp3) is 0.105. The molecule has 0 saturated heterocycles. The number of ketones is 1. The molecule has 1 aromatic heterocycles. The van der Waals surface area contributed by atoms with Crippen molar-refractivity contribution in [3.05, 3.63) is 59.8 Å². The van der Waals surface area contributed by atoms with Gasteiger partial charge in [-0.25, -0.2) is 0 Å². The highest BCUT2D eigenvalue weighted by molar-refractivity contribution is 6.35. The van der Waals surface area contributed by atoms with Gasteiger partial charge in [0.1, 0.15) is 0 Å². The van der Waals surface area contributed by atoms with Crippen molar-refractivity contribution >= 4 is 28.5 Å². The summed E-state index contributed by atoms with van der Waals surface area (Å²) < 4.78 is 0. The molecule has 0 radical (unpaired) electrons. The Hall–Kier alpha value is -3.41. The van der Waals surface area contributed by atoms with Crippen molar-refractivity contribution in [2.24, 2.45) is 5.73 Å². The summed E-state index contributed by atoms with van der Waals surface area (Å²) in [5.41, 5.74) is 9.31. The van der Waals surface area contributed by atoms with Crippen molar-refractivity contribution in [2.45, 2.75) is 13.5 Å². The molecule has 0 atom stereocenters. The summed E-state index contributed by atoms with van der Waals surface area (Å²) in [7, 11) is 0. The average Bonchev–Trinajstić information content (AvgIpc) is 3.08. The molecule has 0 spiro atoms. The highest BCUT2D eigenvalue weighted by Gasteiger charge is 2.13. The number of hydrogen-bond donors (Lipinski definition) is 3. The van der Waals surface area contributed by atoms with E-state index in [1.54, 1.807) is 12.3 Å². The molecule has 0 aliphatic heterocycles. The summed E-state index contributed by atoms with van der Waals surface area (Å²) >= 11 is 0. The van der Waals surface area contributed by atoms with Crippen molar-refractivity contribution < 1.29 is 14.4 Å². The minimum Gasteiger partial charge on any atom is -0.366 e. The number of benzene rings is 2. The van der Waals surface area contributed by atoms with Crippen molar-refractivity contribution in [3.63, 3.8) is 0 Å². The van der Waals surface area contributed by atoms with Gasteiger partial charge in [-0.1, -0.05) is 24.3 Å². The van der Waals surface area contributed by atoms with Crippen LogP contribution in [0.4, 0.5) is 0 Å². The lowest BCUT2D eigenvalue weighted by atomic mass is 9.97. The van der Waals surface area contributed by atoms with Crippen LogP contribution < -0.4 is 11.1 Å². The first-order valence-electron chi connectivity index (χ1n) is 7.75. The smallest absolute Gasteiger partial charge is 0.287 e. The summed E-state index contributed by atoms with van der Waals surface area (Å²) in [5, 5.41) is 3.47. The van der Waals surface area contributed by atoms with Gasteiger partial charge < -0.3 is 16.0 Å². The zero-order valence-corrected chi connectivity index (χ0v) is 13.6. The Morgan fingerprint density at radius 3 is 2.64 bits per heavy atom. The van der Waals surface area contributed by atoms with E-state index in [4.69, 9.17) is 5.73 Å². The van der Waals surface area contributed by atoms with Crippen molar-refractivity contribution in [2.75, 3.05) is 0 Å². The van der Waals surface area contributed by atoms with Gasteiger partial charge in [-0.2, -0.15) is 0 Å². The van der Waals surface area contributed by atoms with E-state index in [0.717, 1.165) is 22.1 Å². The van der Waals surface area contributed by atoms with Gasteiger partial charge in [-0.05, 0) is 34.9 Å². The fourth-order valence-corrected chi connectivity index (χ4v) is 2.77. The van der Waals surface area contributed by atoms with Gasteiger partial charge in [0.2, 0.25) is 5.78 Å². The number of aromatic nitrogens is 1. The standard InChI is InChI=1S/C19H17N3O3/c1-11(23)19(25)22-10-12-3-2-4-13(9-12)14-5-6-16(18(20)24)17-15(14)7-8-21-17/h2-9,21H,10H2,1H3,(H2,20,24)(H,22,25). The first-order chi connectivity index (χ1) is 12.0. The highest BCUT2D eigenvalue weighted by Crippen LogP contribution is 2.30. The molecule has 6 heteroatoms. The monoisotopic (exact) mass is 335 g/mol. The van der Waals surface area contributed by atoms with E-state index in [0.29, 0.717) is 11.1 Å². The zero-order valence-electron chi connectivity index (χ0n) is 13.6. The van der Waals surface area contributed by atoms with Gasteiger partial charge in [0.15, 0.2) is 0 Å². The number of rotatable bonds is 5. The van der Waals surface area contributed by atoms with E-state index in [9.17, 15) is 14.4 Å². The third-order valence-corrected chi connectivity index (χ3v) is 4.00. The Bertz CT molecular complexity index is 988. The Morgan fingerprint density at radius 2 is 1.92 bits per heavy atom. The summed E-state index contributed by atoms with van der Waals surface area (Å²) in [6.07, 6.45) is 1.76. The molecular formula is C19H17N3O3. The van der Waals surface area contributed by atoms with Crippen molar-refractivity contribution in [1.29, 1.82) is 0 Å². The SMILES string of the molecule is CC(=O)C(=O)NCc1cccc(-c2ccc(C(N)=O)c3[nH]ccc23)c1. The Kier molecular flexibility index (Phi) is 4.35. The van der Waals surface area contributed by atoms with Crippen LogP contribution in [0, 0.1) is 0 Å². The van der Waals surface area contributed by atoms with E-state index >= 15 is 0 Å². The van der Waals surface area contributed by atoms with Crippen molar-refractivity contribution in [1.82, 2.24) is 10.3 Å². The molecule has 0 aliphatic rings. The maximum Gasteiger partial charge on any atom is 0.287 e. The first-order valence-corrected chi connectivity index (χ1v) is 7.75. The van der Waals surface area contributed by atoms with Crippen molar-refractivity contribution in [3.8, 4) is 11.1 Å². The van der Waals surface area contributed by atoms with Crippen LogP contribution in [-0.4, -0.2) is 22.6 Å². The molecule has 126 valence electrons. The van der Waals surface area contributed by atoms with Crippen LogP contribution in [0.25, 0.3) is 22.0 Å². The molecule has 2 amide bonds. The summed E-state index contributed by atoms with van der Waals surface area (Å²) in [6.45, 7) is 1.50. The largest absolute Gasteiger partial charge is 0.366 e. The number of hydrogen-bond acceptors (Lipinski definition) is 3. The zero-order chi connectivity index (χ0) is 18.0. The maximum absolute atomic E-state index is 11.6. The number of primary amides is 1. The third-order valence-electron chi connectivity index (χ3n) is 4.00. The average molecular weight is 335 g/mol. The van der Waals surface area contributed by atoms with Crippen LogP contribution in [0.1, 0.15) is 22.8 Å². The summed E-state index contributed by atoms with van der Waals surface area (Å²) in [5.74, 6) is -1.61. The highest BCUT2D eigenvalue weighted by atomic mass is 16.2. The Labute approximate surface area is 144 Å². The van der Waals surface area contributed by atoms with Crippen LogP contribution in [0.5, 0.6) is 0 Å². The lowest BCUT2D eigenvalue weighted by molar-refractivity contribution is -0.136. The van der Waals surface area contributed by atoms with Gasteiger partial charge in [-0.3, -0.25) is 14.4 Å². The molecule has 0 bridgehead atoms. The van der Waals surface area contributed by atoms with Crippen LogP contribution in [0.3, 0.4) is 0 Å². The van der Waals surface area contributed by atoms with Gasteiger partial charge >= 0.3 is 0 Å². The van der Waals surface area contributed by atoms with E-state index in [1.165, 1.54) is 6.92 Å². The molecule has 6 nitrogen and oxygen atoms in total. The number of Topliss-reactive ketones (excluding diaryl/α,β-unsaturated/α-hetero) is 1. The Morgan fingerprint density at radius 1 is 1.12 bits per heavy atom. The number of amides is 2. The second-order valence-electron chi connectivity index (χ2n) is 5.73. The van der Waals surface area contributed by atoms with E-state index in [1.807, 2.05) is 36.4 Å². The van der Waals surface area contributed by atoms with E-state index in [2.05, 4.69) is 10.3 Å². The topological polar surface area (TPSA) is 105 Å². The molecule has 2 aromatic carbocycles. The molecule has 3 rings (SSSR count). The normalized spacial score (nSPS) is 10.6. The fourth-order valence-electron chi connectivity index (χ4n) is 2.77. The molecule has 25 heavy (non-hydrogen) atoms. The number of nitrogens with two attached hydrogens (primary N) is 1. The predicted octanol–water partition coefficient (Wildman–Crippen LogP) is 2.14. The quantitative estimate of drug-likeness (QED) is 0.622. The van der Waals surface area contributed by atoms with E-state index in [-0.39, 0.29) is 6.54 Å². The maximum atomic E-state index is 11.6. The van der Waals surface area contributed by atoms with Gasteiger partial charge in [0.25, 0.3) is 11.8 Å². The minimum absolute atomic E-state index is 0.266. The van der Waals surface area contributed by atoms with E-state index < -0.39 is 17.6 Å². The molecule has 1 heterocycles. The number of nitrogens with one attached hydrogen (secondary N) is 2. The minimum atomic E-state index is -0.607. The molecule has 4 N–H and O–H groups in total. The number of carbonyl (C=O) groups is 3. The van der Waals surface area contributed by atoms with Crippen LogP contribution in [0.15, 0.2) is 48.7 Å². The second-order valence-corrected chi connectivity index (χ2v) is 5.73. The summed E-state index contributed by atoms with van der Waals surface area (Å²) in [4.78, 5) is 37.0. The molecular weight excluding hydrogens is 318 g/mol. The Balaban J connectivity index is 1.96. The lowest BCUT2D eigenvalue weighted by Crippen LogP contribution is -2.28. The molecule has 3 aromatic rings.